The van der Waals surface area contributed by atoms with Gasteiger partial charge >= 0.3 is 0 Å². The monoisotopic (exact) mass is 270 g/mol. The van der Waals surface area contributed by atoms with Crippen LogP contribution in [0.5, 0.6) is 0 Å². The zero-order valence-electron chi connectivity index (χ0n) is 10.3. The van der Waals surface area contributed by atoms with Gasteiger partial charge < -0.3 is 15.7 Å². The van der Waals surface area contributed by atoms with Crippen LogP contribution in [0.15, 0.2) is 6.33 Å². The average molecular weight is 271 g/mol. The summed E-state index contributed by atoms with van der Waals surface area (Å²) in [6, 6.07) is 0.388. The minimum Gasteiger partial charge on any atom is -0.395 e. The van der Waals surface area contributed by atoms with Crippen LogP contribution in [0.4, 0.5) is 11.5 Å². The summed E-state index contributed by atoms with van der Waals surface area (Å²) < 4.78 is 0. The molecular formula is C12H19ClN4O. The highest BCUT2D eigenvalue weighted by molar-refractivity contribution is 6.32. The van der Waals surface area contributed by atoms with Gasteiger partial charge in [-0.25, -0.2) is 9.97 Å². The smallest absolute Gasteiger partial charge is 0.157 e. The van der Waals surface area contributed by atoms with E-state index in [2.05, 4.69) is 14.9 Å². The van der Waals surface area contributed by atoms with Gasteiger partial charge in [0.15, 0.2) is 11.0 Å². The lowest BCUT2D eigenvalue weighted by Gasteiger charge is -2.35. The van der Waals surface area contributed by atoms with E-state index in [-0.39, 0.29) is 11.8 Å². The van der Waals surface area contributed by atoms with Gasteiger partial charge in [0.2, 0.25) is 0 Å². The number of hydrogen-bond donors (Lipinski definition) is 2. The molecule has 0 aliphatic heterocycles. The maximum absolute atomic E-state index is 9.23. The number of halogens is 1. The molecule has 1 aliphatic carbocycles. The Kier molecular flexibility index (Phi) is 4.60. The van der Waals surface area contributed by atoms with Gasteiger partial charge in [-0.05, 0) is 12.8 Å². The Hall–Kier alpha value is -1.07. The van der Waals surface area contributed by atoms with Crippen molar-refractivity contribution < 1.29 is 5.11 Å². The Labute approximate surface area is 112 Å². The third-order valence-electron chi connectivity index (χ3n) is 3.44. The van der Waals surface area contributed by atoms with Gasteiger partial charge in [0, 0.05) is 12.6 Å². The van der Waals surface area contributed by atoms with Gasteiger partial charge in [0.05, 0.1) is 6.61 Å². The first-order chi connectivity index (χ1) is 8.74. The molecular weight excluding hydrogens is 252 g/mol. The van der Waals surface area contributed by atoms with Crippen molar-refractivity contribution in [3.8, 4) is 0 Å². The first-order valence-electron chi connectivity index (χ1n) is 6.37. The van der Waals surface area contributed by atoms with Gasteiger partial charge in [0.1, 0.15) is 12.0 Å². The molecule has 2 rings (SSSR count). The third-order valence-corrected chi connectivity index (χ3v) is 3.74. The molecule has 6 heteroatoms. The molecule has 0 unspecified atom stereocenters. The molecule has 100 valence electrons. The molecule has 0 spiro atoms. The zero-order chi connectivity index (χ0) is 13.0. The Balaban J connectivity index is 2.25. The van der Waals surface area contributed by atoms with E-state index in [4.69, 9.17) is 17.3 Å². The second-order valence-electron chi connectivity index (χ2n) is 4.61. The second-order valence-corrected chi connectivity index (χ2v) is 4.97. The summed E-state index contributed by atoms with van der Waals surface area (Å²) in [7, 11) is 0. The molecule has 1 saturated carbocycles. The third kappa shape index (κ3) is 2.84. The molecule has 0 aromatic carbocycles. The van der Waals surface area contributed by atoms with E-state index in [1.807, 2.05) is 0 Å². The van der Waals surface area contributed by atoms with E-state index in [1.165, 1.54) is 25.6 Å². The van der Waals surface area contributed by atoms with Crippen molar-refractivity contribution in [3.63, 3.8) is 0 Å². The fourth-order valence-corrected chi connectivity index (χ4v) is 2.68. The number of aromatic nitrogens is 2. The number of aliphatic hydroxyl groups is 1. The maximum Gasteiger partial charge on any atom is 0.157 e. The highest BCUT2D eigenvalue weighted by Gasteiger charge is 2.24. The standard InChI is InChI=1S/C12H19ClN4O/c13-11-10(14)12(16-8-15-11)17(6-7-18)9-4-2-1-3-5-9/h8-9,18H,1-7,14H2. The molecule has 1 aliphatic rings. The van der Waals surface area contributed by atoms with E-state index in [0.717, 1.165) is 12.8 Å². The fourth-order valence-electron chi connectivity index (χ4n) is 2.56. The summed E-state index contributed by atoms with van der Waals surface area (Å²) in [4.78, 5) is 10.2. The summed E-state index contributed by atoms with van der Waals surface area (Å²) in [5.74, 6) is 0.649. The topological polar surface area (TPSA) is 75.3 Å². The quantitative estimate of drug-likeness (QED) is 0.817. The lowest BCUT2D eigenvalue weighted by Crippen LogP contribution is -2.40. The van der Waals surface area contributed by atoms with Crippen LogP contribution in [0.25, 0.3) is 0 Å². The molecule has 1 aromatic heterocycles. The van der Waals surface area contributed by atoms with Gasteiger partial charge in [0.25, 0.3) is 0 Å². The molecule has 0 amide bonds. The van der Waals surface area contributed by atoms with Crippen LogP contribution >= 0.6 is 11.6 Å². The zero-order valence-corrected chi connectivity index (χ0v) is 11.1. The van der Waals surface area contributed by atoms with Gasteiger partial charge in [-0.3, -0.25) is 0 Å². The summed E-state index contributed by atoms with van der Waals surface area (Å²) in [6.07, 6.45) is 7.35. The second kappa shape index (κ2) is 6.20. The van der Waals surface area contributed by atoms with Gasteiger partial charge in [-0.15, -0.1) is 0 Å². The molecule has 0 atom stereocenters. The van der Waals surface area contributed by atoms with Gasteiger partial charge in [-0.2, -0.15) is 0 Å². The van der Waals surface area contributed by atoms with Crippen molar-refractivity contribution >= 4 is 23.1 Å². The van der Waals surface area contributed by atoms with Crippen LogP contribution in [-0.4, -0.2) is 34.3 Å². The molecule has 1 fully saturated rings. The number of nitrogens with zero attached hydrogens (tertiary/aromatic N) is 3. The van der Waals surface area contributed by atoms with Crippen molar-refractivity contribution in [2.45, 2.75) is 38.1 Å². The largest absolute Gasteiger partial charge is 0.395 e. The van der Waals surface area contributed by atoms with E-state index >= 15 is 0 Å². The maximum atomic E-state index is 9.23. The first-order valence-corrected chi connectivity index (χ1v) is 6.75. The number of rotatable bonds is 4. The average Bonchev–Trinajstić information content (AvgIpc) is 2.41. The van der Waals surface area contributed by atoms with Crippen molar-refractivity contribution in [1.82, 2.24) is 9.97 Å². The molecule has 3 N–H and O–H groups in total. The number of anilines is 2. The van der Waals surface area contributed by atoms with Crippen LogP contribution in [0.1, 0.15) is 32.1 Å². The normalized spacial score (nSPS) is 16.8. The molecule has 0 saturated heterocycles. The summed E-state index contributed by atoms with van der Waals surface area (Å²) >= 11 is 5.93. The molecule has 1 heterocycles. The number of hydrogen-bond acceptors (Lipinski definition) is 5. The number of nitrogen functional groups attached to an aromatic ring is 1. The summed E-state index contributed by atoms with van der Waals surface area (Å²) in [6.45, 7) is 0.611. The van der Waals surface area contributed by atoms with Crippen LogP contribution in [0.2, 0.25) is 5.15 Å². The van der Waals surface area contributed by atoms with E-state index < -0.39 is 0 Å². The first kappa shape index (κ1) is 13.4. The Morgan fingerprint density at radius 3 is 2.72 bits per heavy atom. The van der Waals surface area contributed by atoms with E-state index in [1.54, 1.807) is 0 Å². The Morgan fingerprint density at radius 1 is 1.33 bits per heavy atom. The van der Waals surface area contributed by atoms with E-state index in [0.29, 0.717) is 24.1 Å². The molecule has 0 bridgehead atoms. The van der Waals surface area contributed by atoms with Crippen molar-refractivity contribution in [3.05, 3.63) is 11.5 Å². The van der Waals surface area contributed by atoms with Crippen molar-refractivity contribution in [1.29, 1.82) is 0 Å². The molecule has 18 heavy (non-hydrogen) atoms. The lowest BCUT2D eigenvalue weighted by atomic mass is 9.94. The highest BCUT2D eigenvalue weighted by atomic mass is 35.5. The lowest BCUT2D eigenvalue weighted by molar-refractivity contribution is 0.289. The Bertz CT molecular complexity index is 396. The predicted octanol–water partition coefficient (Wildman–Crippen LogP) is 1.84. The van der Waals surface area contributed by atoms with Crippen molar-refractivity contribution in [2.75, 3.05) is 23.8 Å². The minimum absolute atomic E-state index is 0.0809. The number of nitrogens with two attached hydrogens (primary N) is 1. The summed E-state index contributed by atoms with van der Waals surface area (Å²) in [5, 5.41) is 9.51. The highest BCUT2D eigenvalue weighted by Crippen LogP contribution is 2.31. The van der Waals surface area contributed by atoms with Gasteiger partial charge in [-0.1, -0.05) is 30.9 Å². The summed E-state index contributed by atoms with van der Waals surface area (Å²) in [5.41, 5.74) is 6.34. The molecule has 0 radical (unpaired) electrons. The molecule has 1 aromatic rings. The van der Waals surface area contributed by atoms with Crippen LogP contribution in [0, 0.1) is 0 Å². The van der Waals surface area contributed by atoms with Crippen LogP contribution in [0.3, 0.4) is 0 Å². The predicted molar refractivity (Wildman–Crippen MR) is 72.8 cm³/mol. The fraction of sp³-hybridized carbons (Fsp3) is 0.667. The van der Waals surface area contributed by atoms with E-state index in [9.17, 15) is 5.11 Å². The SMILES string of the molecule is Nc1c(Cl)ncnc1N(CCO)C1CCCCC1. The Morgan fingerprint density at radius 2 is 2.06 bits per heavy atom. The molecule has 5 nitrogen and oxygen atoms in total. The number of aliphatic hydroxyl groups excluding tert-OH is 1. The van der Waals surface area contributed by atoms with Crippen LogP contribution < -0.4 is 10.6 Å². The minimum atomic E-state index is 0.0809. The van der Waals surface area contributed by atoms with Crippen molar-refractivity contribution in [2.24, 2.45) is 0 Å². The van der Waals surface area contributed by atoms with Crippen LogP contribution in [-0.2, 0) is 0 Å².